The smallest absolute Gasteiger partial charge is 0.244 e. The van der Waals surface area contributed by atoms with E-state index in [4.69, 9.17) is 11.1 Å². The summed E-state index contributed by atoms with van der Waals surface area (Å²) < 4.78 is 28.7. The summed E-state index contributed by atoms with van der Waals surface area (Å²) in [5.74, 6) is -0.176. The van der Waals surface area contributed by atoms with Crippen molar-refractivity contribution in [3.8, 4) is 0 Å². The van der Waals surface area contributed by atoms with E-state index in [9.17, 15) is 8.42 Å². The molecule has 7 nitrogen and oxygen atoms in total. The third-order valence-corrected chi connectivity index (χ3v) is 4.68. The van der Waals surface area contributed by atoms with Crippen LogP contribution in [0.4, 0.5) is 0 Å². The summed E-state index contributed by atoms with van der Waals surface area (Å²) in [6, 6.07) is -0.672. The van der Waals surface area contributed by atoms with Crippen LogP contribution >= 0.6 is 0 Å². The van der Waals surface area contributed by atoms with Crippen LogP contribution in [-0.4, -0.2) is 30.1 Å². The lowest BCUT2D eigenvalue weighted by Gasteiger charge is -2.16. The normalized spacial score (nSPS) is 13.5. The van der Waals surface area contributed by atoms with E-state index in [0.717, 1.165) is 6.42 Å². The molecular formula is C11H21N5O2S. The molecule has 1 heterocycles. The highest BCUT2D eigenvalue weighted by atomic mass is 32.2. The molecule has 1 rings (SSSR count). The highest BCUT2D eigenvalue weighted by molar-refractivity contribution is 7.89. The molecule has 0 spiro atoms. The van der Waals surface area contributed by atoms with Crippen molar-refractivity contribution in [1.82, 2.24) is 14.5 Å². The second-order valence-electron chi connectivity index (χ2n) is 4.54. The maximum absolute atomic E-state index is 12.4. The summed E-state index contributed by atoms with van der Waals surface area (Å²) in [4.78, 5) is 0.164. The van der Waals surface area contributed by atoms with Gasteiger partial charge in [-0.25, -0.2) is 13.1 Å². The number of hydrogen-bond donors (Lipinski definition) is 3. The molecule has 0 bridgehead atoms. The number of aromatic nitrogens is 2. The Hall–Kier alpha value is -1.41. The molecule has 0 radical (unpaired) electrons. The van der Waals surface area contributed by atoms with Gasteiger partial charge in [0, 0.05) is 7.05 Å². The van der Waals surface area contributed by atoms with Gasteiger partial charge in [0.25, 0.3) is 0 Å². The van der Waals surface area contributed by atoms with E-state index in [2.05, 4.69) is 9.82 Å². The van der Waals surface area contributed by atoms with Gasteiger partial charge in [-0.3, -0.25) is 10.1 Å². The van der Waals surface area contributed by atoms with Crippen LogP contribution in [0.15, 0.2) is 4.90 Å². The van der Waals surface area contributed by atoms with Crippen LogP contribution in [0.2, 0.25) is 0 Å². The minimum atomic E-state index is -3.72. The minimum absolute atomic E-state index is 0.164. The average Bonchev–Trinajstić information content (AvgIpc) is 2.52. The molecule has 0 amide bonds. The summed E-state index contributed by atoms with van der Waals surface area (Å²) in [6.07, 6.45) is 1.23. The minimum Gasteiger partial charge on any atom is -0.386 e. The molecule has 0 aromatic carbocycles. The number of hydrogen-bond acceptors (Lipinski definition) is 4. The van der Waals surface area contributed by atoms with Gasteiger partial charge in [0.2, 0.25) is 10.0 Å². The van der Waals surface area contributed by atoms with Gasteiger partial charge in [-0.1, -0.05) is 13.3 Å². The van der Waals surface area contributed by atoms with Crippen molar-refractivity contribution >= 4 is 15.9 Å². The molecule has 0 saturated heterocycles. The van der Waals surface area contributed by atoms with Gasteiger partial charge in [-0.15, -0.1) is 0 Å². The fourth-order valence-electron chi connectivity index (χ4n) is 1.96. The van der Waals surface area contributed by atoms with Crippen molar-refractivity contribution in [3.63, 3.8) is 0 Å². The van der Waals surface area contributed by atoms with Crippen LogP contribution in [0.1, 0.15) is 31.2 Å². The van der Waals surface area contributed by atoms with E-state index in [-0.39, 0.29) is 10.7 Å². The fourth-order valence-corrected chi connectivity index (χ4v) is 3.64. The summed E-state index contributed by atoms with van der Waals surface area (Å²) in [5.41, 5.74) is 6.42. The predicted molar refractivity (Wildman–Crippen MR) is 73.6 cm³/mol. The molecule has 0 fully saturated rings. The van der Waals surface area contributed by atoms with Crippen LogP contribution in [0.25, 0.3) is 0 Å². The highest BCUT2D eigenvalue weighted by Crippen LogP contribution is 2.19. The summed E-state index contributed by atoms with van der Waals surface area (Å²) in [5, 5.41) is 11.5. The first-order valence-corrected chi connectivity index (χ1v) is 7.55. The molecule has 108 valence electrons. The zero-order valence-electron chi connectivity index (χ0n) is 11.7. The summed E-state index contributed by atoms with van der Waals surface area (Å²) in [6.45, 7) is 5.24. The SMILES string of the molecule is CCCC(NS(=O)(=O)c1c(C)nn(C)c1C)C(=N)N. The van der Waals surface area contributed by atoms with E-state index in [1.54, 1.807) is 20.9 Å². The molecule has 0 aliphatic carbocycles. The Kier molecular flexibility index (Phi) is 4.70. The van der Waals surface area contributed by atoms with E-state index in [0.29, 0.717) is 17.8 Å². The Morgan fingerprint density at radius 2 is 2.11 bits per heavy atom. The van der Waals surface area contributed by atoms with Crippen molar-refractivity contribution in [1.29, 1.82) is 5.41 Å². The topological polar surface area (TPSA) is 114 Å². The Morgan fingerprint density at radius 1 is 1.53 bits per heavy atom. The lowest BCUT2D eigenvalue weighted by molar-refractivity contribution is 0.564. The molecule has 0 saturated carbocycles. The maximum atomic E-state index is 12.4. The molecule has 4 N–H and O–H groups in total. The molecule has 19 heavy (non-hydrogen) atoms. The third-order valence-electron chi connectivity index (χ3n) is 2.96. The first kappa shape index (κ1) is 15.6. The molecule has 1 aromatic heterocycles. The van der Waals surface area contributed by atoms with Crippen LogP contribution in [0, 0.1) is 19.3 Å². The van der Waals surface area contributed by atoms with Crippen molar-refractivity contribution in [2.45, 2.75) is 44.6 Å². The lowest BCUT2D eigenvalue weighted by Crippen LogP contribution is -2.44. The molecule has 0 aliphatic rings. The first-order valence-electron chi connectivity index (χ1n) is 6.07. The second kappa shape index (κ2) is 5.70. The van der Waals surface area contributed by atoms with Gasteiger partial charge in [0.1, 0.15) is 10.7 Å². The van der Waals surface area contributed by atoms with Gasteiger partial charge in [-0.05, 0) is 20.3 Å². The van der Waals surface area contributed by atoms with Crippen LogP contribution < -0.4 is 10.5 Å². The number of sulfonamides is 1. The van der Waals surface area contributed by atoms with Crippen molar-refractivity contribution < 1.29 is 8.42 Å². The van der Waals surface area contributed by atoms with Crippen LogP contribution in [0.5, 0.6) is 0 Å². The Labute approximate surface area is 113 Å². The fraction of sp³-hybridized carbons (Fsp3) is 0.636. The number of nitrogens with two attached hydrogens (primary N) is 1. The molecule has 8 heteroatoms. The van der Waals surface area contributed by atoms with Gasteiger partial charge < -0.3 is 5.73 Å². The van der Waals surface area contributed by atoms with Gasteiger partial charge in [-0.2, -0.15) is 5.10 Å². The molecule has 0 aliphatic heterocycles. The van der Waals surface area contributed by atoms with Crippen molar-refractivity contribution in [3.05, 3.63) is 11.4 Å². The van der Waals surface area contributed by atoms with Crippen molar-refractivity contribution in [2.24, 2.45) is 12.8 Å². The Morgan fingerprint density at radius 3 is 2.47 bits per heavy atom. The van der Waals surface area contributed by atoms with Crippen LogP contribution in [0.3, 0.4) is 0 Å². The number of nitrogens with zero attached hydrogens (tertiary/aromatic N) is 2. The first-order chi connectivity index (χ1) is 8.70. The number of amidine groups is 1. The standard InChI is InChI=1S/C11H21N5O2S/c1-5-6-9(11(12)13)15-19(17,18)10-7(2)14-16(4)8(10)3/h9,15H,5-6H2,1-4H3,(H3,12,13). The maximum Gasteiger partial charge on any atom is 0.244 e. The zero-order valence-corrected chi connectivity index (χ0v) is 12.5. The summed E-state index contributed by atoms with van der Waals surface area (Å²) in [7, 11) is -2.03. The Balaban J connectivity index is 3.14. The number of rotatable bonds is 6. The molecular weight excluding hydrogens is 266 g/mol. The van der Waals surface area contributed by atoms with E-state index < -0.39 is 16.1 Å². The largest absolute Gasteiger partial charge is 0.386 e. The van der Waals surface area contributed by atoms with Crippen LogP contribution in [-0.2, 0) is 17.1 Å². The second-order valence-corrected chi connectivity index (χ2v) is 6.19. The highest BCUT2D eigenvalue weighted by Gasteiger charge is 2.27. The van der Waals surface area contributed by atoms with Gasteiger partial charge in [0.05, 0.1) is 17.4 Å². The molecule has 1 atom stereocenters. The van der Waals surface area contributed by atoms with E-state index >= 15 is 0 Å². The average molecular weight is 287 g/mol. The third kappa shape index (κ3) is 3.32. The van der Waals surface area contributed by atoms with E-state index in [1.165, 1.54) is 4.68 Å². The monoisotopic (exact) mass is 287 g/mol. The summed E-state index contributed by atoms with van der Waals surface area (Å²) >= 11 is 0. The van der Waals surface area contributed by atoms with Crippen molar-refractivity contribution in [2.75, 3.05) is 0 Å². The number of aryl methyl sites for hydroxylation is 2. The number of nitrogens with one attached hydrogen (secondary N) is 2. The predicted octanol–water partition coefficient (Wildman–Crippen LogP) is 0.420. The zero-order chi connectivity index (χ0) is 14.8. The quantitative estimate of drug-likeness (QED) is 0.519. The molecule has 1 unspecified atom stereocenters. The van der Waals surface area contributed by atoms with E-state index in [1.807, 2.05) is 6.92 Å². The van der Waals surface area contributed by atoms with Gasteiger partial charge in [0.15, 0.2) is 0 Å². The Bertz CT molecular complexity index is 576. The molecule has 1 aromatic rings. The lowest BCUT2D eigenvalue weighted by atomic mass is 10.2. The van der Waals surface area contributed by atoms with Gasteiger partial charge >= 0.3 is 0 Å².